The van der Waals surface area contributed by atoms with E-state index in [0.717, 1.165) is 17.3 Å². The molecule has 1 atom stereocenters. The summed E-state index contributed by atoms with van der Waals surface area (Å²) in [6.45, 7) is 1.49. The maximum atomic E-state index is 11.7. The van der Waals surface area contributed by atoms with Crippen LogP contribution in [0.5, 0.6) is 0 Å². The third-order valence-corrected chi connectivity index (χ3v) is 3.52. The topological polar surface area (TPSA) is 86.6 Å². The minimum Gasteiger partial charge on any atom is -0.481 e. The van der Waals surface area contributed by atoms with Crippen LogP contribution < -0.4 is 5.32 Å². The van der Waals surface area contributed by atoms with Crippen LogP contribution in [0.3, 0.4) is 0 Å². The Morgan fingerprint density at radius 1 is 1.26 bits per heavy atom. The van der Waals surface area contributed by atoms with Crippen LogP contribution in [-0.4, -0.2) is 40.2 Å². The fourth-order valence-corrected chi connectivity index (χ4v) is 2.12. The molecule has 0 radical (unpaired) electrons. The molecule has 0 saturated carbocycles. The van der Waals surface area contributed by atoms with E-state index in [1.807, 2.05) is 30.3 Å². The molecule has 0 aromatic heterocycles. The minimum absolute atomic E-state index is 0.0503. The van der Waals surface area contributed by atoms with Crippen LogP contribution in [-0.2, 0) is 15.1 Å². The van der Waals surface area contributed by atoms with Gasteiger partial charge in [0.15, 0.2) is 0 Å². The van der Waals surface area contributed by atoms with Crippen LogP contribution in [0.1, 0.15) is 12.5 Å². The standard InChI is InChI=1S/C13H17NO4S/c1-13(9-15,10-5-3-2-4-6-10)14-11(16)7-19-8-12(17)18/h2-6,15H,7-9H2,1H3,(H,14,16)(H,17,18). The number of carboxylic acid groups (broad SMARTS) is 1. The average molecular weight is 283 g/mol. The van der Waals surface area contributed by atoms with Gasteiger partial charge in [-0.05, 0) is 12.5 Å². The van der Waals surface area contributed by atoms with Crippen molar-refractivity contribution in [3.63, 3.8) is 0 Å². The largest absolute Gasteiger partial charge is 0.481 e. The molecule has 6 heteroatoms. The number of hydrogen-bond acceptors (Lipinski definition) is 4. The number of aliphatic hydroxyl groups is 1. The Balaban J connectivity index is 2.61. The monoisotopic (exact) mass is 283 g/mol. The maximum Gasteiger partial charge on any atom is 0.313 e. The van der Waals surface area contributed by atoms with Gasteiger partial charge in [0.05, 0.1) is 23.7 Å². The molecule has 0 heterocycles. The molecule has 0 aliphatic rings. The lowest BCUT2D eigenvalue weighted by molar-refractivity contribution is -0.133. The molecule has 3 N–H and O–H groups in total. The highest BCUT2D eigenvalue weighted by molar-refractivity contribution is 8.00. The van der Waals surface area contributed by atoms with Gasteiger partial charge in [-0.1, -0.05) is 30.3 Å². The number of benzene rings is 1. The van der Waals surface area contributed by atoms with Crippen LogP contribution in [0, 0.1) is 0 Å². The van der Waals surface area contributed by atoms with Crippen LogP contribution in [0.4, 0.5) is 0 Å². The molecular weight excluding hydrogens is 266 g/mol. The summed E-state index contributed by atoms with van der Waals surface area (Å²) in [6.07, 6.45) is 0. The summed E-state index contributed by atoms with van der Waals surface area (Å²) in [5.41, 5.74) is -0.0589. The van der Waals surface area contributed by atoms with E-state index in [1.54, 1.807) is 6.92 Å². The van der Waals surface area contributed by atoms with Crippen molar-refractivity contribution in [1.82, 2.24) is 5.32 Å². The van der Waals surface area contributed by atoms with E-state index in [-0.39, 0.29) is 24.0 Å². The van der Waals surface area contributed by atoms with E-state index in [0.29, 0.717) is 0 Å². The molecule has 1 aromatic rings. The SMILES string of the molecule is CC(CO)(NC(=O)CSCC(=O)O)c1ccccc1. The smallest absolute Gasteiger partial charge is 0.313 e. The van der Waals surface area contributed by atoms with Gasteiger partial charge in [0, 0.05) is 0 Å². The number of thioether (sulfide) groups is 1. The van der Waals surface area contributed by atoms with Crippen LogP contribution >= 0.6 is 11.8 Å². The number of aliphatic carboxylic acids is 1. The molecule has 0 fully saturated rings. The van der Waals surface area contributed by atoms with Crippen LogP contribution in [0.25, 0.3) is 0 Å². The summed E-state index contributed by atoms with van der Waals surface area (Å²) >= 11 is 1.02. The Hall–Kier alpha value is -1.53. The number of carbonyl (C=O) groups is 2. The zero-order valence-electron chi connectivity index (χ0n) is 10.6. The van der Waals surface area contributed by atoms with E-state index in [2.05, 4.69) is 5.32 Å². The highest BCUT2D eigenvalue weighted by atomic mass is 32.2. The normalized spacial score (nSPS) is 13.6. The second kappa shape index (κ2) is 7.16. The average Bonchev–Trinajstić information content (AvgIpc) is 2.39. The van der Waals surface area contributed by atoms with Gasteiger partial charge in [-0.2, -0.15) is 0 Å². The van der Waals surface area contributed by atoms with Gasteiger partial charge in [-0.25, -0.2) is 0 Å². The van der Waals surface area contributed by atoms with Crippen molar-refractivity contribution in [2.75, 3.05) is 18.1 Å². The Labute approximate surface area is 116 Å². The van der Waals surface area contributed by atoms with Crippen LogP contribution in [0.2, 0.25) is 0 Å². The van der Waals surface area contributed by atoms with Gasteiger partial charge in [0.2, 0.25) is 5.91 Å². The first-order valence-corrected chi connectivity index (χ1v) is 6.90. The molecule has 104 valence electrons. The fourth-order valence-electron chi connectivity index (χ4n) is 1.58. The Kier molecular flexibility index (Phi) is 5.85. The van der Waals surface area contributed by atoms with Crippen LogP contribution in [0.15, 0.2) is 30.3 Å². The molecule has 0 saturated heterocycles. The van der Waals surface area contributed by atoms with Crippen molar-refractivity contribution in [1.29, 1.82) is 0 Å². The molecule has 0 aliphatic carbocycles. The molecule has 1 rings (SSSR count). The Morgan fingerprint density at radius 2 is 1.89 bits per heavy atom. The van der Waals surface area contributed by atoms with E-state index in [4.69, 9.17) is 5.11 Å². The van der Waals surface area contributed by atoms with Gasteiger partial charge in [-0.3, -0.25) is 9.59 Å². The first-order chi connectivity index (χ1) is 8.98. The highest BCUT2D eigenvalue weighted by Gasteiger charge is 2.27. The molecule has 1 unspecified atom stereocenters. The Morgan fingerprint density at radius 3 is 2.42 bits per heavy atom. The van der Waals surface area contributed by atoms with Crippen molar-refractivity contribution in [2.24, 2.45) is 0 Å². The lowest BCUT2D eigenvalue weighted by atomic mass is 9.93. The molecule has 0 aliphatic heterocycles. The van der Waals surface area contributed by atoms with E-state index < -0.39 is 11.5 Å². The minimum atomic E-state index is -0.953. The van der Waals surface area contributed by atoms with Crippen molar-refractivity contribution in [2.45, 2.75) is 12.5 Å². The lowest BCUT2D eigenvalue weighted by Gasteiger charge is -2.29. The van der Waals surface area contributed by atoms with Crippen molar-refractivity contribution >= 4 is 23.6 Å². The molecule has 5 nitrogen and oxygen atoms in total. The fraction of sp³-hybridized carbons (Fsp3) is 0.385. The number of carboxylic acids is 1. The van der Waals surface area contributed by atoms with Gasteiger partial charge in [-0.15, -0.1) is 11.8 Å². The number of carbonyl (C=O) groups excluding carboxylic acids is 1. The second-order valence-electron chi connectivity index (χ2n) is 4.29. The molecule has 19 heavy (non-hydrogen) atoms. The van der Waals surface area contributed by atoms with Crippen molar-refractivity contribution in [3.8, 4) is 0 Å². The predicted molar refractivity (Wildman–Crippen MR) is 74.0 cm³/mol. The molecule has 1 aromatic carbocycles. The van der Waals surface area contributed by atoms with Crippen molar-refractivity contribution in [3.05, 3.63) is 35.9 Å². The molecule has 0 spiro atoms. The predicted octanol–water partition coefficient (Wildman–Crippen LogP) is 0.828. The zero-order chi connectivity index (χ0) is 14.3. The van der Waals surface area contributed by atoms with Gasteiger partial charge >= 0.3 is 5.97 Å². The number of amides is 1. The zero-order valence-corrected chi connectivity index (χ0v) is 11.4. The Bertz CT molecular complexity index is 438. The molecule has 1 amide bonds. The summed E-state index contributed by atoms with van der Waals surface area (Å²) in [4.78, 5) is 22.1. The number of hydrogen-bond donors (Lipinski definition) is 3. The molecule has 0 bridgehead atoms. The molecular formula is C13H17NO4S. The number of aliphatic hydroxyl groups excluding tert-OH is 1. The summed E-state index contributed by atoms with van der Waals surface area (Å²) < 4.78 is 0. The quantitative estimate of drug-likeness (QED) is 0.690. The first kappa shape index (κ1) is 15.5. The van der Waals surface area contributed by atoms with E-state index >= 15 is 0 Å². The summed E-state index contributed by atoms with van der Waals surface area (Å²) in [5.74, 6) is -1.32. The second-order valence-corrected chi connectivity index (χ2v) is 5.28. The maximum absolute atomic E-state index is 11.7. The first-order valence-electron chi connectivity index (χ1n) is 5.75. The lowest BCUT2D eigenvalue weighted by Crippen LogP contribution is -2.47. The highest BCUT2D eigenvalue weighted by Crippen LogP contribution is 2.19. The summed E-state index contributed by atoms with van der Waals surface area (Å²) in [7, 11) is 0. The number of nitrogens with one attached hydrogen (secondary N) is 1. The summed E-state index contributed by atoms with van der Waals surface area (Å²) in [5, 5.41) is 20.7. The van der Waals surface area contributed by atoms with Gasteiger partial charge in [0.25, 0.3) is 0 Å². The van der Waals surface area contributed by atoms with E-state index in [1.165, 1.54) is 0 Å². The third-order valence-electron chi connectivity index (χ3n) is 2.60. The van der Waals surface area contributed by atoms with Gasteiger partial charge < -0.3 is 15.5 Å². The number of rotatable bonds is 7. The summed E-state index contributed by atoms with van der Waals surface area (Å²) in [6, 6.07) is 9.15. The van der Waals surface area contributed by atoms with Gasteiger partial charge in [0.1, 0.15) is 0 Å². The van der Waals surface area contributed by atoms with E-state index in [9.17, 15) is 14.7 Å². The third kappa shape index (κ3) is 4.92. The van der Waals surface area contributed by atoms with Crippen molar-refractivity contribution < 1.29 is 19.8 Å².